The number of pyridine rings is 1. The molecule has 0 radical (unpaired) electrons. The van der Waals surface area contributed by atoms with E-state index in [4.69, 9.17) is 0 Å². The van der Waals surface area contributed by atoms with Crippen LogP contribution in [0.25, 0.3) is 5.57 Å². The van der Waals surface area contributed by atoms with Gasteiger partial charge >= 0.3 is 5.97 Å². The maximum Gasteiger partial charge on any atom is 0.369 e. The molecule has 0 amide bonds. The summed E-state index contributed by atoms with van der Waals surface area (Å²) in [7, 11) is 1.31. The topological polar surface area (TPSA) is 48.4 Å². The Morgan fingerprint density at radius 2 is 2.16 bits per heavy atom. The molecule has 2 heterocycles. The van der Waals surface area contributed by atoms with Crippen molar-refractivity contribution in [1.29, 1.82) is 0 Å². The predicted octanol–water partition coefficient (Wildman–Crippen LogP) is 3.07. The number of hydrogen-bond donors (Lipinski definition) is 0. The molecule has 0 spiro atoms. The molecule has 0 N–H and O–H groups in total. The summed E-state index contributed by atoms with van der Waals surface area (Å²) in [5.41, 5.74) is 2.16. The first-order valence-electron chi connectivity index (χ1n) is 5.64. The van der Waals surface area contributed by atoms with E-state index < -0.39 is 5.97 Å². The van der Waals surface area contributed by atoms with Crippen LogP contribution in [0.1, 0.15) is 17.4 Å². The maximum atomic E-state index is 11.8. The molecular formula is C14H13NO3S. The van der Waals surface area contributed by atoms with Gasteiger partial charge in [-0.1, -0.05) is 12.1 Å². The highest BCUT2D eigenvalue weighted by atomic mass is 32.1. The van der Waals surface area contributed by atoms with E-state index in [1.54, 1.807) is 30.7 Å². The molecule has 19 heavy (non-hydrogen) atoms. The number of aromatic nitrogens is 1. The van der Waals surface area contributed by atoms with Gasteiger partial charge in [-0.15, -0.1) is 11.3 Å². The van der Waals surface area contributed by atoms with Crippen molar-refractivity contribution in [1.82, 2.24) is 4.98 Å². The van der Waals surface area contributed by atoms with Gasteiger partial charge in [0.2, 0.25) is 0 Å². The molecule has 4 nitrogen and oxygen atoms in total. The summed E-state index contributed by atoms with van der Waals surface area (Å²) in [5.74, 6) is -0.505. The van der Waals surface area contributed by atoms with Crippen LogP contribution in [0.2, 0.25) is 0 Å². The van der Waals surface area contributed by atoms with E-state index in [9.17, 15) is 4.79 Å². The molecule has 0 fully saturated rings. The normalized spacial score (nSPS) is 11.9. The summed E-state index contributed by atoms with van der Waals surface area (Å²) in [6, 6.07) is 7.63. The van der Waals surface area contributed by atoms with Crippen LogP contribution in [0.15, 0.2) is 47.6 Å². The molecule has 0 saturated heterocycles. The van der Waals surface area contributed by atoms with Crippen LogP contribution in [0.3, 0.4) is 0 Å². The Morgan fingerprint density at radius 3 is 2.74 bits per heavy atom. The van der Waals surface area contributed by atoms with Gasteiger partial charge in [0.05, 0.1) is 7.11 Å². The summed E-state index contributed by atoms with van der Waals surface area (Å²) >= 11 is 1.56. The lowest BCUT2D eigenvalue weighted by atomic mass is 10.0. The third-order valence-corrected chi connectivity index (χ3v) is 3.45. The number of thiophene rings is 1. The summed E-state index contributed by atoms with van der Waals surface area (Å²) in [6.07, 6.45) is 3.41. The lowest BCUT2D eigenvalue weighted by molar-refractivity contribution is -0.250. The molecule has 2 aromatic rings. The smallest absolute Gasteiger partial charge is 0.293 e. The molecule has 0 bridgehead atoms. The van der Waals surface area contributed by atoms with Crippen molar-refractivity contribution in [2.45, 2.75) is 6.92 Å². The van der Waals surface area contributed by atoms with Crippen molar-refractivity contribution >= 4 is 22.9 Å². The third-order valence-electron chi connectivity index (χ3n) is 2.56. The summed E-state index contributed by atoms with van der Waals surface area (Å²) in [6.45, 7) is 1.71. The number of carbonyl (C=O) groups is 1. The Hall–Kier alpha value is -1.98. The Bertz CT molecular complexity index is 576. The fourth-order valence-corrected chi connectivity index (χ4v) is 2.56. The number of rotatable bonds is 4. The van der Waals surface area contributed by atoms with Crippen molar-refractivity contribution in [3.8, 4) is 0 Å². The molecule has 0 unspecified atom stereocenters. The summed E-state index contributed by atoms with van der Waals surface area (Å²) in [4.78, 5) is 25.9. The number of carbonyl (C=O) groups excluding carboxylic acids is 1. The molecule has 2 rings (SSSR count). The van der Waals surface area contributed by atoms with Gasteiger partial charge in [0, 0.05) is 34.0 Å². The molecule has 0 saturated carbocycles. The molecule has 98 valence electrons. The standard InChI is InChI=1S/C14H13NO3S/c1-10(14(16)18-17-2)13(12-6-4-8-19-12)11-5-3-7-15-9-11/h3-9H,1-2H3/b13-10+. The van der Waals surface area contributed by atoms with Crippen LogP contribution in [-0.4, -0.2) is 18.1 Å². The van der Waals surface area contributed by atoms with Crippen molar-refractivity contribution in [3.63, 3.8) is 0 Å². The van der Waals surface area contributed by atoms with Crippen LogP contribution in [-0.2, 0) is 14.6 Å². The second kappa shape index (κ2) is 6.26. The van der Waals surface area contributed by atoms with E-state index in [0.717, 1.165) is 16.0 Å². The average molecular weight is 275 g/mol. The van der Waals surface area contributed by atoms with E-state index in [1.165, 1.54) is 7.11 Å². The second-order valence-electron chi connectivity index (χ2n) is 3.76. The first-order chi connectivity index (χ1) is 9.24. The fraction of sp³-hybridized carbons (Fsp3) is 0.143. The van der Waals surface area contributed by atoms with E-state index in [0.29, 0.717) is 5.57 Å². The molecule has 0 aliphatic rings. The molecular weight excluding hydrogens is 262 g/mol. The lowest BCUT2D eigenvalue weighted by Crippen LogP contribution is -2.07. The molecule has 5 heteroatoms. The SMILES string of the molecule is COOC(=O)/C(C)=C(\c1cccnc1)c1cccs1. The monoisotopic (exact) mass is 275 g/mol. The molecule has 0 aliphatic heterocycles. The van der Waals surface area contributed by atoms with E-state index in [-0.39, 0.29) is 0 Å². The number of hydrogen-bond acceptors (Lipinski definition) is 5. The Kier molecular flexibility index (Phi) is 4.43. The van der Waals surface area contributed by atoms with Gasteiger partial charge in [0.15, 0.2) is 0 Å². The third kappa shape index (κ3) is 3.07. The van der Waals surface area contributed by atoms with Crippen LogP contribution in [0.5, 0.6) is 0 Å². The van der Waals surface area contributed by atoms with Gasteiger partial charge in [-0.2, -0.15) is 4.89 Å². The fourth-order valence-electron chi connectivity index (χ4n) is 1.72. The van der Waals surface area contributed by atoms with E-state index in [2.05, 4.69) is 14.8 Å². The minimum absolute atomic E-state index is 0.484. The van der Waals surface area contributed by atoms with E-state index >= 15 is 0 Å². The first-order valence-corrected chi connectivity index (χ1v) is 6.52. The highest BCUT2D eigenvalue weighted by Crippen LogP contribution is 2.30. The Balaban J connectivity index is 2.52. The lowest BCUT2D eigenvalue weighted by Gasteiger charge is -2.09. The minimum atomic E-state index is -0.505. The molecule has 0 aliphatic carbocycles. The largest absolute Gasteiger partial charge is 0.369 e. The number of nitrogens with zero attached hydrogens (tertiary/aromatic N) is 1. The van der Waals surface area contributed by atoms with Gasteiger partial charge in [0.25, 0.3) is 0 Å². The van der Waals surface area contributed by atoms with Crippen molar-refractivity contribution < 1.29 is 14.6 Å². The quantitative estimate of drug-likeness (QED) is 0.489. The Labute approximate surface area is 115 Å². The second-order valence-corrected chi connectivity index (χ2v) is 4.70. The average Bonchev–Trinajstić information content (AvgIpc) is 2.94. The van der Waals surface area contributed by atoms with Crippen LogP contribution in [0, 0.1) is 0 Å². The first kappa shape index (κ1) is 13.5. The highest BCUT2D eigenvalue weighted by molar-refractivity contribution is 7.11. The molecule has 2 aromatic heterocycles. The van der Waals surface area contributed by atoms with Gasteiger partial charge in [-0.25, -0.2) is 4.79 Å². The van der Waals surface area contributed by atoms with E-state index in [1.807, 2.05) is 29.6 Å². The van der Waals surface area contributed by atoms with Crippen molar-refractivity contribution in [3.05, 3.63) is 58.1 Å². The van der Waals surface area contributed by atoms with Gasteiger partial charge < -0.3 is 0 Å². The summed E-state index contributed by atoms with van der Waals surface area (Å²) < 4.78 is 0. The maximum absolute atomic E-state index is 11.8. The van der Waals surface area contributed by atoms with Crippen LogP contribution < -0.4 is 0 Å². The van der Waals surface area contributed by atoms with Gasteiger partial charge in [0.1, 0.15) is 0 Å². The summed E-state index contributed by atoms with van der Waals surface area (Å²) in [5, 5.41) is 1.96. The zero-order chi connectivity index (χ0) is 13.7. The minimum Gasteiger partial charge on any atom is -0.293 e. The highest BCUT2D eigenvalue weighted by Gasteiger charge is 2.17. The molecule has 0 atom stereocenters. The van der Waals surface area contributed by atoms with Gasteiger partial charge in [-0.3, -0.25) is 9.87 Å². The Morgan fingerprint density at radius 1 is 1.32 bits per heavy atom. The predicted molar refractivity (Wildman–Crippen MR) is 73.4 cm³/mol. The zero-order valence-electron chi connectivity index (χ0n) is 10.6. The van der Waals surface area contributed by atoms with Crippen molar-refractivity contribution in [2.75, 3.05) is 7.11 Å². The molecule has 0 aromatic carbocycles. The van der Waals surface area contributed by atoms with Gasteiger partial charge in [-0.05, 0) is 24.4 Å². The van der Waals surface area contributed by atoms with Crippen LogP contribution in [0.4, 0.5) is 0 Å². The van der Waals surface area contributed by atoms with Crippen LogP contribution >= 0.6 is 11.3 Å². The van der Waals surface area contributed by atoms with Crippen molar-refractivity contribution in [2.24, 2.45) is 0 Å². The zero-order valence-corrected chi connectivity index (χ0v) is 11.4.